The number of carbonyl (C=O) groups is 1. The Morgan fingerprint density at radius 3 is 2.45 bits per heavy atom. The maximum absolute atomic E-state index is 11.2. The molecule has 1 aromatic carbocycles. The molecule has 0 atom stereocenters. The number of benzene rings is 1. The Hall–Kier alpha value is -1.36. The fourth-order valence-electron chi connectivity index (χ4n) is 1.45. The van der Waals surface area contributed by atoms with Crippen LogP contribution in [0.3, 0.4) is 0 Å². The summed E-state index contributed by atoms with van der Waals surface area (Å²) in [6, 6.07) is 5.63. The predicted octanol–water partition coefficient (Wildman–Crippen LogP) is 3.69. The number of rotatable bonds is 8. The molecule has 4 nitrogen and oxygen atoms in total. The first-order chi connectivity index (χ1) is 9.40. The number of carboxylic acid groups (broad SMARTS) is 1. The van der Waals surface area contributed by atoms with Crippen LogP contribution in [-0.2, 0) is 4.79 Å². The van der Waals surface area contributed by atoms with Crippen molar-refractivity contribution in [1.82, 2.24) is 0 Å². The van der Waals surface area contributed by atoms with Gasteiger partial charge < -0.3 is 14.6 Å². The molecule has 0 unspecified atom stereocenters. The first-order valence-corrected chi connectivity index (χ1v) is 7.65. The van der Waals surface area contributed by atoms with Gasteiger partial charge >= 0.3 is 5.97 Å². The number of aliphatic carboxylic acids is 1. The van der Waals surface area contributed by atoms with Gasteiger partial charge in [-0.3, -0.25) is 4.79 Å². The van der Waals surface area contributed by atoms with Gasteiger partial charge in [-0.2, -0.15) is 0 Å². The van der Waals surface area contributed by atoms with Gasteiger partial charge in [-0.05, 0) is 45.9 Å². The minimum absolute atomic E-state index is 0.470. The second-order valence-electron chi connectivity index (χ2n) is 4.95. The molecule has 0 fully saturated rings. The summed E-state index contributed by atoms with van der Waals surface area (Å²) in [5.41, 5.74) is -0.782. The van der Waals surface area contributed by atoms with Crippen molar-refractivity contribution < 1.29 is 19.4 Å². The average molecular weight is 298 g/mol. The minimum atomic E-state index is -0.802. The second kappa shape index (κ2) is 7.43. The Bertz CT molecular complexity index is 457. The average Bonchev–Trinajstić information content (AvgIpc) is 2.39. The third-order valence-corrected chi connectivity index (χ3v) is 4.19. The van der Waals surface area contributed by atoms with Crippen LogP contribution in [0.1, 0.15) is 27.7 Å². The van der Waals surface area contributed by atoms with Gasteiger partial charge in [0.05, 0.1) is 23.5 Å². The van der Waals surface area contributed by atoms with Gasteiger partial charge in [0.15, 0.2) is 0 Å². The van der Waals surface area contributed by atoms with Crippen LogP contribution in [0.4, 0.5) is 0 Å². The molecule has 0 spiro atoms. The maximum Gasteiger partial charge on any atom is 0.309 e. The van der Waals surface area contributed by atoms with E-state index in [0.29, 0.717) is 19.0 Å². The summed E-state index contributed by atoms with van der Waals surface area (Å²) >= 11 is 1.48. The van der Waals surface area contributed by atoms with Crippen LogP contribution in [0.25, 0.3) is 0 Å². The summed E-state index contributed by atoms with van der Waals surface area (Å²) in [7, 11) is 0. The van der Waals surface area contributed by atoms with E-state index in [0.717, 1.165) is 16.4 Å². The van der Waals surface area contributed by atoms with E-state index in [4.69, 9.17) is 14.6 Å². The lowest BCUT2D eigenvalue weighted by molar-refractivity contribution is -0.145. The van der Waals surface area contributed by atoms with Crippen molar-refractivity contribution in [2.75, 3.05) is 19.0 Å². The number of carboxylic acids is 1. The Morgan fingerprint density at radius 2 is 1.90 bits per heavy atom. The molecule has 0 saturated carbocycles. The highest BCUT2D eigenvalue weighted by Crippen LogP contribution is 2.36. The van der Waals surface area contributed by atoms with Gasteiger partial charge in [0, 0.05) is 5.75 Å². The molecule has 0 aliphatic heterocycles. The zero-order valence-electron chi connectivity index (χ0n) is 12.4. The second-order valence-corrected chi connectivity index (χ2v) is 5.97. The van der Waals surface area contributed by atoms with Crippen LogP contribution in [0.5, 0.6) is 11.5 Å². The quantitative estimate of drug-likeness (QED) is 0.742. The van der Waals surface area contributed by atoms with E-state index in [2.05, 4.69) is 0 Å². The van der Waals surface area contributed by atoms with E-state index in [1.807, 2.05) is 32.0 Å². The lowest BCUT2D eigenvalue weighted by Gasteiger charge is -2.19. The first kappa shape index (κ1) is 16.7. The van der Waals surface area contributed by atoms with E-state index in [9.17, 15) is 4.79 Å². The molecule has 20 heavy (non-hydrogen) atoms. The summed E-state index contributed by atoms with van der Waals surface area (Å²) in [6.07, 6.45) is 0. The van der Waals surface area contributed by atoms with Gasteiger partial charge in [-0.25, -0.2) is 0 Å². The van der Waals surface area contributed by atoms with Crippen LogP contribution < -0.4 is 9.47 Å². The van der Waals surface area contributed by atoms with Crippen molar-refractivity contribution in [2.24, 2.45) is 5.41 Å². The van der Waals surface area contributed by atoms with Crippen LogP contribution in [0, 0.1) is 5.41 Å². The van der Waals surface area contributed by atoms with E-state index >= 15 is 0 Å². The highest BCUT2D eigenvalue weighted by molar-refractivity contribution is 7.99. The molecule has 1 aromatic rings. The minimum Gasteiger partial charge on any atom is -0.494 e. The first-order valence-electron chi connectivity index (χ1n) is 6.66. The van der Waals surface area contributed by atoms with E-state index in [1.165, 1.54) is 11.8 Å². The van der Waals surface area contributed by atoms with Crippen LogP contribution in [0.2, 0.25) is 0 Å². The van der Waals surface area contributed by atoms with Crippen molar-refractivity contribution in [2.45, 2.75) is 32.6 Å². The molecule has 0 aliphatic rings. The molecule has 1 rings (SSSR count). The van der Waals surface area contributed by atoms with Crippen LogP contribution in [-0.4, -0.2) is 30.0 Å². The molecule has 0 aromatic heterocycles. The highest BCUT2D eigenvalue weighted by Gasteiger charge is 2.27. The number of ether oxygens (including phenoxy) is 2. The van der Waals surface area contributed by atoms with Crippen molar-refractivity contribution in [3.8, 4) is 11.5 Å². The standard InChI is InChI=1S/C15H22O4S/c1-5-18-11-7-8-12(19-6-2)13(9-11)20-10-15(3,4)14(16)17/h7-9H,5-6,10H2,1-4H3,(H,16,17). The lowest BCUT2D eigenvalue weighted by Crippen LogP contribution is -2.26. The van der Waals surface area contributed by atoms with Gasteiger partial charge in [-0.1, -0.05) is 0 Å². The fraction of sp³-hybridized carbons (Fsp3) is 0.533. The van der Waals surface area contributed by atoms with Crippen LogP contribution >= 0.6 is 11.8 Å². The summed E-state index contributed by atoms with van der Waals surface area (Å²) in [5.74, 6) is 1.20. The monoisotopic (exact) mass is 298 g/mol. The van der Waals surface area contributed by atoms with Crippen molar-refractivity contribution in [1.29, 1.82) is 0 Å². The summed E-state index contributed by atoms with van der Waals surface area (Å²) in [6.45, 7) is 8.45. The predicted molar refractivity (Wildman–Crippen MR) is 80.9 cm³/mol. The van der Waals surface area contributed by atoms with E-state index in [-0.39, 0.29) is 0 Å². The Labute approximate surface area is 124 Å². The summed E-state index contributed by atoms with van der Waals surface area (Å²) in [4.78, 5) is 12.1. The lowest BCUT2D eigenvalue weighted by atomic mass is 9.97. The molecule has 0 aliphatic carbocycles. The molecular weight excluding hydrogens is 276 g/mol. The topological polar surface area (TPSA) is 55.8 Å². The molecule has 1 N–H and O–H groups in total. The zero-order valence-corrected chi connectivity index (χ0v) is 13.3. The molecule has 0 amide bonds. The molecule has 0 bridgehead atoms. The van der Waals surface area contributed by atoms with Crippen molar-refractivity contribution in [3.63, 3.8) is 0 Å². The van der Waals surface area contributed by atoms with E-state index in [1.54, 1.807) is 13.8 Å². The van der Waals surface area contributed by atoms with Crippen LogP contribution in [0.15, 0.2) is 23.1 Å². The van der Waals surface area contributed by atoms with Crippen molar-refractivity contribution >= 4 is 17.7 Å². The third-order valence-electron chi connectivity index (χ3n) is 2.69. The van der Waals surface area contributed by atoms with Gasteiger partial charge in [-0.15, -0.1) is 11.8 Å². The van der Waals surface area contributed by atoms with Gasteiger partial charge in [0.25, 0.3) is 0 Å². The highest BCUT2D eigenvalue weighted by atomic mass is 32.2. The molecule has 0 saturated heterocycles. The normalized spacial score (nSPS) is 11.2. The molecular formula is C15H22O4S. The molecule has 0 radical (unpaired) electrons. The zero-order chi connectivity index (χ0) is 15.2. The van der Waals surface area contributed by atoms with E-state index < -0.39 is 11.4 Å². The van der Waals surface area contributed by atoms with Crippen molar-refractivity contribution in [3.05, 3.63) is 18.2 Å². The Balaban J connectivity index is 2.89. The SMILES string of the molecule is CCOc1ccc(OCC)c(SCC(C)(C)C(=O)O)c1. The van der Waals surface area contributed by atoms with Gasteiger partial charge in [0.2, 0.25) is 0 Å². The largest absolute Gasteiger partial charge is 0.494 e. The Kier molecular flexibility index (Phi) is 6.20. The third kappa shape index (κ3) is 4.63. The van der Waals surface area contributed by atoms with Gasteiger partial charge in [0.1, 0.15) is 11.5 Å². The number of hydrogen-bond acceptors (Lipinski definition) is 4. The molecule has 112 valence electrons. The molecule has 5 heteroatoms. The number of hydrogen-bond donors (Lipinski definition) is 1. The fourth-order valence-corrected chi connectivity index (χ4v) is 2.56. The summed E-state index contributed by atoms with van der Waals surface area (Å²) < 4.78 is 11.0. The number of thioether (sulfide) groups is 1. The maximum atomic E-state index is 11.2. The molecule has 0 heterocycles. The smallest absolute Gasteiger partial charge is 0.309 e. The Morgan fingerprint density at radius 1 is 1.25 bits per heavy atom. The summed E-state index contributed by atoms with van der Waals surface area (Å²) in [5, 5.41) is 9.16.